The number of aliphatic hydroxyl groups is 1. The Hall–Kier alpha value is -3.33. The van der Waals surface area contributed by atoms with E-state index in [0.29, 0.717) is 22.2 Å². The van der Waals surface area contributed by atoms with Crippen LogP contribution in [0.4, 0.5) is 17.6 Å². The summed E-state index contributed by atoms with van der Waals surface area (Å²) < 4.78 is 53.6. The molecule has 32 heavy (non-hydrogen) atoms. The number of aromatic nitrogens is 1. The topological polar surface area (TPSA) is 65.8 Å². The number of aryl methyl sites for hydroxylation is 1. The van der Waals surface area contributed by atoms with Crippen molar-refractivity contribution in [3.05, 3.63) is 65.7 Å². The van der Waals surface area contributed by atoms with Crippen LogP contribution in [0.3, 0.4) is 0 Å². The summed E-state index contributed by atoms with van der Waals surface area (Å²) in [5, 5.41) is 14.2. The summed E-state index contributed by atoms with van der Waals surface area (Å²) >= 11 is 0. The number of hydrogen-bond acceptors (Lipinski definition) is 4. The Morgan fingerprint density at radius 3 is 2.44 bits per heavy atom. The second kappa shape index (κ2) is 8.31. The number of para-hydroxylation sites is 1. The van der Waals surface area contributed by atoms with Gasteiger partial charge < -0.3 is 5.11 Å². The van der Waals surface area contributed by atoms with Gasteiger partial charge in [0.2, 0.25) is 5.72 Å². The lowest BCUT2D eigenvalue weighted by Gasteiger charge is -2.30. The SMILES string of the molecule is CCc1ccc(-c2cc(C(=O)N3N=C(C(F)F)C[C@]3(O)C(F)F)c3ccccc3n2)cc1. The molecule has 9 heteroatoms. The first kappa shape index (κ1) is 21.9. The van der Waals surface area contributed by atoms with Crippen molar-refractivity contribution in [2.24, 2.45) is 5.10 Å². The third-order valence-electron chi connectivity index (χ3n) is 5.43. The Kier molecular flexibility index (Phi) is 5.68. The first-order chi connectivity index (χ1) is 15.2. The van der Waals surface area contributed by atoms with Crippen LogP contribution in [0.1, 0.15) is 29.3 Å². The standard InChI is InChI=1S/C23H19F4N3O2/c1-2-13-7-9-14(10-8-13)18-11-16(15-5-3-4-6-17(15)28-18)21(31)30-23(32,22(26)27)12-19(29-30)20(24)25/h3-11,20,22,32H,2,12H2,1H3/t23-/m0/s1. The van der Waals surface area contributed by atoms with Crippen LogP contribution in [-0.2, 0) is 6.42 Å². The number of benzene rings is 2. The fourth-order valence-corrected chi connectivity index (χ4v) is 3.63. The highest BCUT2D eigenvalue weighted by Gasteiger charge is 2.53. The Morgan fingerprint density at radius 1 is 1.12 bits per heavy atom. The van der Waals surface area contributed by atoms with Crippen LogP contribution >= 0.6 is 0 Å². The molecule has 0 bridgehead atoms. The first-order valence-corrected chi connectivity index (χ1v) is 9.94. The van der Waals surface area contributed by atoms with Crippen LogP contribution in [-0.4, -0.2) is 45.3 Å². The molecular formula is C23H19F4N3O2. The number of pyridine rings is 1. The normalized spacial score (nSPS) is 18.6. The lowest BCUT2D eigenvalue weighted by Crippen LogP contribution is -2.51. The van der Waals surface area contributed by atoms with Crippen LogP contribution in [0.5, 0.6) is 0 Å². The van der Waals surface area contributed by atoms with Gasteiger partial charge in [-0.15, -0.1) is 0 Å². The molecule has 3 aromatic rings. The number of alkyl halides is 4. The number of carbonyl (C=O) groups excluding carboxylic acids is 1. The van der Waals surface area contributed by atoms with Crippen molar-refractivity contribution in [2.45, 2.75) is 38.3 Å². The zero-order valence-corrected chi connectivity index (χ0v) is 17.0. The van der Waals surface area contributed by atoms with E-state index in [0.717, 1.165) is 12.0 Å². The van der Waals surface area contributed by atoms with Crippen molar-refractivity contribution in [1.29, 1.82) is 0 Å². The maximum atomic E-state index is 13.6. The van der Waals surface area contributed by atoms with Crippen molar-refractivity contribution in [2.75, 3.05) is 0 Å². The molecule has 0 unspecified atom stereocenters. The van der Waals surface area contributed by atoms with Crippen LogP contribution in [0.15, 0.2) is 59.7 Å². The molecule has 5 nitrogen and oxygen atoms in total. The Labute approximate surface area is 181 Å². The summed E-state index contributed by atoms with van der Waals surface area (Å²) in [5.41, 5.74) is -1.63. The molecule has 1 aliphatic heterocycles. The molecule has 0 spiro atoms. The molecule has 0 radical (unpaired) electrons. The second-order valence-electron chi connectivity index (χ2n) is 7.49. The van der Waals surface area contributed by atoms with Crippen LogP contribution in [0.2, 0.25) is 0 Å². The van der Waals surface area contributed by atoms with Gasteiger partial charge in [0.05, 0.1) is 16.8 Å². The third-order valence-corrected chi connectivity index (χ3v) is 5.43. The van der Waals surface area contributed by atoms with Crippen LogP contribution in [0.25, 0.3) is 22.2 Å². The van der Waals surface area contributed by atoms with Crippen LogP contribution in [0, 0.1) is 0 Å². The summed E-state index contributed by atoms with van der Waals surface area (Å²) in [4.78, 5) is 17.8. The van der Waals surface area contributed by atoms with Gasteiger partial charge in [-0.2, -0.15) is 10.1 Å². The number of nitrogens with zero attached hydrogens (tertiary/aromatic N) is 3. The molecule has 1 amide bonds. The number of carbonyl (C=O) groups is 1. The van der Waals surface area contributed by atoms with Gasteiger partial charge >= 0.3 is 0 Å². The maximum Gasteiger partial charge on any atom is 0.287 e. The molecule has 2 heterocycles. The minimum Gasteiger partial charge on any atom is -0.364 e. The zero-order chi connectivity index (χ0) is 23.0. The number of hydrogen-bond donors (Lipinski definition) is 1. The average molecular weight is 445 g/mol. The van der Waals surface area contributed by atoms with Gasteiger partial charge in [-0.3, -0.25) is 4.79 Å². The summed E-state index contributed by atoms with van der Waals surface area (Å²) in [6.07, 6.45) is -6.98. The Balaban J connectivity index is 1.86. The fourth-order valence-electron chi connectivity index (χ4n) is 3.63. The van der Waals surface area contributed by atoms with Crippen LogP contribution < -0.4 is 0 Å². The molecule has 0 aliphatic carbocycles. The molecule has 4 rings (SSSR count). The molecule has 1 aromatic heterocycles. The Bertz CT molecular complexity index is 1200. The van der Waals surface area contributed by atoms with E-state index < -0.39 is 36.6 Å². The van der Waals surface area contributed by atoms with E-state index >= 15 is 0 Å². The van der Waals surface area contributed by atoms with Gasteiger partial charge in [-0.05, 0) is 24.1 Å². The third kappa shape index (κ3) is 3.73. The van der Waals surface area contributed by atoms with Crippen molar-refractivity contribution >= 4 is 22.5 Å². The summed E-state index contributed by atoms with van der Waals surface area (Å²) in [5.74, 6) is -1.12. The lowest BCUT2D eigenvalue weighted by molar-refractivity contribution is -0.164. The maximum absolute atomic E-state index is 13.6. The number of rotatable bonds is 5. The van der Waals surface area contributed by atoms with Gasteiger partial charge in [0.1, 0.15) is 5.71 Å². The second-order valence-corrected chi connectivity index (χ2v) is 7.49. The van der Waals surface area contributed by atoms with E-state index in [2.05, 4.69) is 10.1 Å². The first-order valence-electron chi connectivity index (χ1n) is 9.94. The highest BCUT2D eigenvalue weighted by Crippen LogP contribution is 2.36. The van der Waals surface area contributed by atoms with Gasteiger partial charge in [-0.1, -0.05) is 49.4 Å². The minimum absolute atomic E-state index is 0.0743. The van der Waals surface area contributed by atoms with E-state index in [1.54, 1.807) is 24.3 Å². The van der Waals surface area contributed by atoms with E-state index in [4.69, 9.17) is 0 Å². The van der Waals surface area contributed by atoms with Crippen molar-refractivity contribution < 1.29 is 27.5 Å². The molecular weight excluding hydrogens is 426 g/mol. The number of halogens is 4. The predicted molar refractivity (Wildman–Crippen MR) is 112 cm³/mol. The Morgan fingerprint density at radius 2 is 1.81 bits per heavy atom. The molecule has 1 aliphatic rings. The number of fused-ring (bicyclic) bond motifs is 1. The van der Waals surface area contributed by atoms with E-state index in [9.17, 15) is 27.5 Å². The quantitative estimate of drug-likeness (QED) is 0.569. The monoisotopic (exact) mass is 445 g/mol. The highest BCUT2D eigenvalue weighted by atomic mass is 19.3. The molecule has 1 N–H and O–H groups in total. The number of hydrazone groups is 1. The summed E-state index contributed by atoms with van der Waals surface area (Å²) in [7, 11) is 0. The summed E-state index contributed by atoms with van der Waals surface area (Å²) in [6.45, 7) is 2.01. The smallest absolute Gasteiger partial charge is 0.287 e. The zero-order valence-electron chi connectivity index (χ0n) is 17.0. The van der Waals surface area contributed by atoms with Gasteiger partial charge in [-0.25, -0.2) is 22.5 Å². The molecule has 166 valence electrons. The van der Waals surface area contributed by atoms with Crippen molar-refractivity contribution in [3.63, 3.8) is 0 Å². The lowest BCUT2D eigenvalue weighted by atomic mass is 10.0. The minimum atomic E-state index is -3.50. The molecule has 2 aromatic carbocycles. The molecule has 0 saturated carbocycles. The highest BCUT2D eigenvalue weighted by molar-refractivity contribution is 6.08. The van der Waals surface area contributed by atoms with Crippen molar-refractivity contribution in [1.82, 2.24) is 9.99 Å². The number of amides is 1. The van der Waals surface area contributed by atoms with Gasteiger partial charge in [0.25, 0.3) is 18.8 Å². The van der Waals surface area contributed by atoms with Gasteiger partial charge in [0, 0.05) is 17.4 Å². The van der Waals surface area contributed by atoms with E-state index in [-0.39, 0.29) is 10.6 Å². The molecule has 0 saturated heterocycles. The average Bonchev–Trinajstić information content (AvgIpc) is 3.17. The van der Waals surface area contributed by atoms with E-state index in [1.165, 1.54) is 6.07 Å². The van der Waals surface area contributed by atoms with Gasteiger partial charge in [0.15, 0.2) is 0 Å². The summed E-state index contributed by atoms with van der Waals surface area (Å²) in [6, 6.07) is 15.4. The predicted octanol–water partition coefficient (Wildman–Crippen LogP) is 4.88. The molecule has 0 fully saturated rings. The van der Waals surface area contributed by atoms with Crippen molar-refractivity contribution in [3.8, 4) is 11.3 Å². The van der Waals surface area contributed by atoms with E-state index in [1.807, 2.05) is 31.2 Å². The molecule has 1 atom stereocenters. The largest absolute Gasteiger partial charge is 0.364 e. The fraction of sp³-hybridized carbons (Fsp3) is 0.261.